The first-order valence-corrected chi connectivity index (χ1v) is 8.66. The van der Waals surface area contributed by atoms with Gasteiger partial charge in [-0.1, -0.05) is 41.9 Å². The van der Waals surface area contributed by atoms with Gasteiger partial charge in [0, 0.05) is 38.4 Å². The molecule has 3 atom stereocenters. The van der Waals surface area contributed by atoms with Gasteiger partial charge in [0.25, 0.3) is 0 Å². The summed E-state index contributed by atoms with van der Waals surface area (Å²) in [5.74, 6) is 1.48. The first kappa shape index (κ1) is 15.1. The van der Waals surface area contributed by atoms with E-state index in [0.717, 1.165) is 30.6 Å². The molecule has 2 aliphatic heterocycles. The average molecular weight is 328 g/mol. The number of rotatable bonds is 3. The summed E-state index contributed by atoms with van der Waals surface area (Å²) in [6, 6.07) is 15.5. The van der Waals surface area contributed by atoms with E-state index in [1.54, 1.807) is 6.20 Å². The van der Waals surface area contributed by atoms with Crippen LogP contribution in [0.25, 0.3) is 0 Å². The Morgan fingerprint density at radius 3 is 2.65 bits per heavy atom. The summed E-state index contributed by atoms with van der Waals surface area (Å²) >= 11 is 5.93. The Hall–Kier alpha value is -1.42. The first-order valence-electron chi connectivity index (χ1n) is 8.28. The number of nitrogens with zero attached hydrogens (tertiary/aromatic N) is 3. The maximum atomic E-state index is 5.93. The number of hydrogen-bond acceptors (Lipinski definition) is 3. The molecule has 2 aromatic rings. The van der Waals surface area contributed by atoms with Crippen molar-refractivity contribution in [1.82, 2.24) is 14.8 Å². The molecule has 0 saturated carbocycles. The summed E-state index contributed by atoms with van der Waals surface area (Å²) < 4.78 is 0. The van der Waals surface area contributed by atoms with E-state index in [1.807, 2.05) is 12.1 Å². The molecule has 0 bridgehead atoms. The van der Waals surface area contributed by atoms with E-state index in [0.29, 0.717) is 11.1 Å². The van der Waals surface area contributed by atoms with E-state index in [-0.39, 0.29) is 0 Å². The van der Waals surface area contributed by atoms with Crippen LogP contribution in [0, 0.1) is 11.8 Å². The van der Waals surface area contributed by atoms with Crippen molar-refractivity contribution in [3.05, 3.63) is 64.9 Å². The molecule has 0 amide bonds. The average Bonchev–Trinajstić information content (AvgIpc) is 3.06. The molecule has 1 aromatic carbocycles. The van der Waals surface area contributed by atoms with Crippen LogP contribution >= 0.6 is 11.6 Å². The highest BCUT2D eigenvalue weighted by atomic mass is 35.5. The Morgan fingerprint density at radius 2 is 1.91 bits per heavy atom. The molecule has 0 radical (unpaired) electrons. The molecule has 2 saturated heterocycles. The van der Waals surface area contributed by atoms with E-state index in [9.17, 15) is 0 Å². The Balaban J connectivity index is 1.48. The lowest BCUT2D eigenvalue weighted by atomic mass is 9.90. The lowest BCUT2D eigenvalue weighted by Gasteiger charge is -2.26. The Kier molecular flexibility index (Phi) is 4.10. The summed E-state index contributed by atoms with van der Waals surface area (Å²) in [6.45, 7) is 4.44. The van der Waals surface area contributed by atoms with Gasteiger partial charge >= 0.3 is 0 Å². The molecule has 0 N–H and O–H groups in total. The van der Waals surface area contributed by atoms with Crippen molar-refractivity contribution >= 4 is 11.6 Å². The molecule has 0 aliphatic carbocycles. The standard InChI is InChI=1S/C19H22ClN3/c1-22-10-15-11-23(12-17-8-7-16(20)9-21-17)13-18(15)19(22)14-5-3-2-4-6-14/h2-9,15,18-19H,10-13H2,1H3/t15-,18+,19-/m0/s1. The maximum absolute atomic E-state index is 5.93. The van der Waals surface area contributed by atoms with Crippen molar-refractivity contribution in [1.29, 1.82) is 0 Å². The molecule has 0 unspecified atom stereocenters. The third kappa shape index (κ3) is 3.01. The third-order valence-electron chi connectivity index (χ3n) is 5.29. The lowest BCUT2D eigenvalue weighted by Crippen LogP contribution is -2.29. The molecule has 1 aromatic heterocycles. The third-order valence-corrected chi connectivity index (χ3v) is 5.51. The minimum atomic E-state index is 0.546. The van der Waals surface area contributed by atoms with Crippen LogP contribution in [-0.4, -0.2) is 41.5 Å². The van der Waals surface area contributed by atoms with Crippen molar-refractivity contribution in [2.75, 3.05) is 26.7 Å². The molecular weight excluding hydrogens is 306 g/mol. The molecule has 3 nitrogen and oxygen atoms in total. The minimum absolute atomic E-state index is 0.546. The highest BCUT2D eigenvalue weighted by molar-refractivity contribution is 6.30. The normalized spacial score (nSPS) is 28.2. The number of hydrogen-bond donors (Lipinski definition) is 0. The lowest BCUT2D eigenvalue weighted by molar-refractivity contribution is 0.223. The summed E-state index contributed by atoms with van der Waals surface area (Å²) in [7, 11) is 2.26. The predicted octanol–water partition coefficient (Wildman–Crippen LogP) is 3.47. The van der Waals surface area contributed by atoms with E-state index >= 15 is 0 Å². The monoisotopic (exact) mass is 327 g/mol. The van der Waals surface area contributed by atoms with Gasteiger partial charge in [0.15, 0.2) is 0 Å². The Labute approximate surface area is 142 Å². The molecule has 3 heterocycles. The molecule has 4 heteroatoms. The fraction of sp³-hybridized carbons (Fsp3) is 0.421. The predicted molar refractivity (Wildman–Crippen MR) is 93.3 cm³/mol. The highest BCUT2D eigenvalue weighted by Crippen LogP contribution is 2.44. The fourth-order valence-corrected chi connectivity index (χ4v) is 4.47. The van der Waals surface area contributed by atoms with Gasteiger partial charge in [-0.25, -0.2) is 0 Å². The van der Waals surface area contributed by atoms with Crippen LogP contribution in [0.5, 0.6) is 0 Å². The maximum Gasteiger partial charge on any atom is 0.0589 e. The number of pyridine rings is 1. The van der Waals surface area contributed by atoms with Gasteiger partial charge < -0.3 is 0 Å². The van der Waals surface area contributed by atoms with Crippen LogP contribution in [0.4, 0.5) is 0 Å². The van der Waals surface area contributed by atoms with E-state index in [1.165, 1.54) is 18.7 Å². The number of halogens is 1. The van der Waals surface area contributed by atoms with Gasteiger partial charge in [0.2, 0.25) is 0 Å². The van der Waals surface area contributed by atoms with Gasteiger partial charge in [0.05, 0.1) is 10.7 Å². The summed E-state index contributed by atoms with van der Waals surface area (Å²) in [4.78, 5) is 9.52. The summed E-state index contributed by atoms with van der Waals surface area (Å²) in [6.07, 6.45) is 1.74. The molecule has 120 valence electrons. The smallest absolute Gasteiger partial charge is 0.0589 e. The van der Waals surface area contributed by atoms with E-state index < -0.39 is 0 Å². The second kappa shape index (κ2) is 6.23. The van der Waals surface area contributed by atoms with Gasteiger partial charge in [-0.3, -0.25) is 14.8 Å². The zero-order valence-corrected chi connectivity index (χ0v) is 14.2. The highest BCUT2D eigenvalue weighted by Gasteiger charge is 2.45. The second-order valence-electron chi connectivity index (χ2n) is 6.88. The quantitative estimate of drug-likeness (QED) is 0.860. The Morgan fingerprint density at radius 1 is 1.09 bits per heavy atom. The zero-order valence-electron chi connectivity index (χ0n) is 13.4. The number of fused-ring (bicyclic) bond motifs is 1. The first-order chi connectivity index (χ1) is 11.2. The molecule has 2 fully saturated rings. The SMILES string of the molecule is CN1C[C@H]2CN(Cc3ccc(Cl)cn3)C[C@H]2[C@@H]1c1ccccc1. The number of likely N-dealkylation sites (tertiary alicyclic amines) is 2. The zero-order chi connectivity index (χ0) is 15.8. The van der Waals surface area contributed by atoms with Gasteiger partial charge in [-0.2, -0.15) is 0 Å². The van der Waals surface area contributed by atoms with Gasteiger partial charge in [0.1, 0.15) is 0 Å². The Bertz CT molecular complexity index is 658. The molecule has 0 spiro atoms. The topological polar surface area (TPSA) is 19.4 Å². The number of aromatic nitrogens is 1. The molecule has 2 aliphatic rings. The van der Waals surface area contributed by atoms with E-state index in [4.69, 9.17) is 11.6 Å². The molecule has 23 heavy (non-hydrogen) atoms. The van der Waals surface area contributed by atoms with Crippen LogP contribution in [-0.2, 0) is 6.54 Å². The minimum Gasteiger partial charge on any atom is -0.299 e. The van der Waals surface area contributed by atoms with Crippen molar-refractivity contribution in [2.45, 2.75) is 12.6 Å². The van der Waals surface area contributed by atoms with Gasteiger partial charge in [-0.05, 0) is 36.6 Å². The van der Waals surface area contributed by atoms with Crippen molar-refractivity contribution < 1.29 is 0 Å². The second-order valence-corrected chi connectivity index (χ2v) is 7.32. The fourth-order valence-electron chi connectivity index (χ4n) is 4.36. The van der Waals surface area contributed by atoms with E-state index in [2.05, 4.69) is 52.2 Å². The largest absolute Gasteiger partial charge is 0.299 e. The number of benzene rings is 1. The van der Waals surface area contributed by atoms with Crippen molar-refractivity contribution in [3.63, 3.8) is 0 Å². The van der Waals surface area contributed by atoms with Crippen LogP contribution in [0.3, 0.4) is 0 Å². The summed E-state index contributed by atoms with van der Waals surface area (Å²) in [5.41, 5.74) is 2.56. The van der Waals surface area contributed by atoms with Gasteiger partial charge in [-0.15, -0.1) is 0 Å². The summed E-state index contributed by atoms with van der Waals surface area (Å²) in [5, 5.41) is 0.706. The molecular formula is C19H22ClN3. The molecule has 4 rings (SSSR count). The van der Waals surface area contributed by atoms with Crippen LogP contribution in [0.1, 0.15) is 17.3 Å². The van der Waals surface area contributed by atoms with Crippen LogP contribution < -0.4 is 0 Å². The van der Waals surface area contributed by atoms with Crippen LogP contribution in [0.2, 0.25) is 5.02 Å². The van der Waals surface area contributed by atoms with Crippen molar-refractivity contribution in [3.8, 4) is 0 Å². The van der Waals surface area contributed by atoms with Crippen molar-refractivity contribution in [2.24, 2.45) is 11.8 Å². The van der Waals surface area contributed by atoms with Crippen LogP contribution in [0.15, 0.2) is 48.7 Å².